The summed E-state index contributed by atoms with van der Waals surface area (Å²) in [6.45, 7) is 5.79. The van der Waals surface area contributed by atoms with Crippen LogP contribution in [0.2, 0.25) is 0 Å². The van der Waals surface area contributed by atoms with Gasteiger partial charge < -0.3 is 15.0 Å². The molecule has 0 fully saturated rings. The van der Waals surface area contributed by atoms with E-state index < -0.39 is 0 Å². The molecule has 8 heteroatoms. The Bertz CT molecular complexity index is 712. The van der Waals surface area contributed by atoms with Crippen molar-refractivity contribution >= 4 is 50.7 Å². The Balaban J connectivity index is 1.89. The fourth-order valence-electron chi connectivity index (χ4n) is 2.08. The first-order chi connectivity index (χ1) is 12.1. The number of benzene rings is 1. The second-order valence-corrected chi connectivity index (χ2v) is 7.51. The number of amides is 1. The number of rotatable bonds is 7. The molecule has 0 radical (unpaired) electrons. The van der Waals surface area contributed by atoms with E-state index in [1.807, 2.05) is 43.5 Å². The third kappa shape index (κ3) is 5.69. The van der Waals surface area contributed by atoms with Crippen molar-refractivity contribution in [3.63, 3.8) is 0 Å². The van der Waals surface area contributed by atoms with Gasteiger partial charge >= 0.3 is 0 Å². The van der Waals surface area contributed by atoms with Gasteiger partial charge in [0.15, 0.2) is 5.13 Å². The Morgan fingerprint density at radius 1 is 1.32 bits per heavy atom. The van der Waals surface area contributed by atoms with E-state index in [1.165, 1.54) is 23.1 Å². The van der Waals surface area contributed by atoms with Gasteiger partial charge in [0.1, 0.15) is 10.1 Å². The second-order valence-electron chi connectivity index (χ2n) is 5.04. The summed E-state index contributed by atoms with van der Waals surface area (Å²) in [4.78, 5) is 18.6. The van der Waals surface area contributed by atoms with E-state index in [0.29, 0.717) is 5.13 Å². The quantitative estimate of drug-likeness (QED) is 0.712. The molecule has 2 rings (SSSR count). The highest BCUT2D eigenvalue weighted by atomic mass is 32.2. The van der Waals surface area contributed by atoms with E-state index in [9.17, 15) is 4.79 Å². The summed E-state index contributed by atoms with van der Waals surface area (Å²) in [7, 11) is 1.63. The predicted molar refractivity (Wildman–Crippen MR) is 111 cm³/mol. The normalized spacial score (nSPS) is 10.4. The van der Waals surface area contributed by atoms with Gasteiger partial charge in [-0.2, -0.15) is 0 Å². The average Bonchev–Trinajstić information content (AvgIpc) is 3.09. The molecule has 0 atom stereocenters. The largest absolute Gasteiger partial charge is 0.497 e. The SMILES string of the molecule is CCN(CC)C(=S)SCC(=O)Nc1nc(-c2ccc(OC)cc2)cs1. The lowest BCUT2D eigenvalue weighted by molar-refractivity contribution is -0.113. The third-order valence-electron chi connectivity index (χ3n) is 3.48. The van der Waals surface area contributed by atoms with E-state index in [-0.39, 0.29) is 11.7 Å². The summed E-state index contributed by atoms with van der Waals surface area (Å²) in [5.41, 5.74) is 1.81. The Morgan fingerprint density at radius 2 is 2.00 bits per heavy atom. The van der Waals surface area contributed by atoms with Gasteiger partial charge in [0.05, 0.1) is 18.6 Å². The second kappa shape index (κ2) is 9.74. The molecule has 0 spiro atoms. The molecular weight excluding hydrogens is 374 g/mol. The monoisotopic (exact) mass is 395 g/mol. The summed E-state index contributed by atoms with van der Waals surface area (Å²) >= 11 is 8.11. The molecule has 25 heavy (non-hydrogen) atoms. The Hall–Kier alpha value is -1.64. The number of aromatic nitrogens is 1. The molecule has 1 amide bonds. The number of carbonyl (C=O) groups excluding carboxylic acids is 1. The van der Waals surface area contributed by atoms with Gasteiger partial charge in [-0.15, -0.1) is 11.3 Å². The van der Waals surface area contributed by atoms with Crippen LogP contribution in [0.25, 0.3) is 11.3 Å². The smallest absolute Gasteiger partial charge is 0.236 e. The van der Waals surface area contributed by atoms with Crippen LogP contribution in [-0.2, 0) is 4.79 Å². The summed E-state index contributed by atoms with van der Waals surface area (Å²) in [5.74, 6) is 0.983. The maximum Gasteiger partial charge on any atom is 0.236 e. The first-order valence-electron chi connectivity index (χ1n) is 7.88. The molecule has 1 aromatic heterocycles. The minimum atomic E-state index is -0.102. The highest BCUT2D eigenvalue weighted by Crippen LogP contribution is 2.26. The molecule has 134 valence electrons. The van der Waals surface area contributed by atoms with Gasteiger partial charge in [-0.3, -0.25) is 4.79 Å². The summed E-state index contributed by atoms with van der Waals surface area (Å²) in [6.07, 6.45) is 0. The van der Waals surface area contributed by atoms with Crippen LogP contribution in [0.3, 0.4) is 0 Å². The van der Waals surface area contributed by atoms with Crippen molar-refractivity contribution in [3.05, 3.63) is 29.6 Å². The van der Waals surface area contributed by atoms with Crippen LogP contribution in [0, 0.1) is 0 Å². The Labute approximate surface area is 161 Å². The number of ether oxygens (including phenoxy) is 1. The van der Waals surface area contributed by atoms with E-state index in [4.69, 9.17) is 17.0 Å². The van der Waals surface area contributed by atoms with Crippen LogP contribution in [0.15, 0.2) is 29.6 Å². The maximum atomic E-state index is 12.1. The van der Waals surface area contributed by atoms with Gasteiger partial charge in [0, 0.05) is 24.0 Å². The number of thiazole rings is 1. The van der Waals surface area contributed by atoms with Crippen molar-refractivity contribution in [1.82, 2.24) is 9.88 Å². The van der Waals surface area contributed by atoms with Gasteiger partial charge in [-0.1, -0.05) is 24.0 Å². The summed E-state index contributed by atoms with van der Waals surface area (Å²) in [6, 6.07) is 7.66. The molecule has 1 N–H and O–H groups in total. The number of hydrogen-bond donors (Lipinski definition) is 1. The molecule has 0 saturated heterocycles. The molecule has 1 heterocycles. The zero-order valence-corrected chi connectivity index (χ0v) is 16.9. The molecule has 1 aromatic carbocycles. The Kier molecular flexibility index (Phi) is 7.67. The molecule has 0 saturated carbocycles. The van der Waals surface area contributed by atoms with Gasteiger partial charge in [-0.05, 0) is 38.1 Å². The minimum absolute atomic E-state index is 0.102. The van der Waals surface area contributed by atoms with Crippen molar-refractivity contribution in [1.29, 1.82) is 0 Å². The summed E-state index contributed by atoms with van der Waals surface area (Å²) < 4.78 is 5.90. The molecule has 2 aromatic rings. The molecule has 5 nitrogen and oxygen atoms in total. The zero-order valence-electron chi connectivity index (χ0n) is 14.4. The molecular formula is C17H21N3O2S3. The molecule has 0 aliphatic rings. The standard InChI is InChI=1S/C17H21N3O2S3/c1-4-20(5-2)17(23)25-11-15(21)19-16-18-14(10-24-16)12-6-8-13(22-3)9-7-12/h6-10H,4-5,11H2,1-3H3,(H,18,19,21). The van der Waals surface area contributed by atoms with Crippen molar-refractivity contribution < 1.29 is 9.53 Å². The van der Waals surface area contributed by atoms with Gasteiger partial charge in [-0.25, -0.2) is 4.98 Å². The molecule has 0 aliphatic carbocycles. The average molecular weight is 396 g/mol. The minimum Gasteiger partial charge on any atom is -0.497 e. The number of thioether (sulfide) groups is 1. The highest BCUT2D eigenvalue weighted by molar-refractivity contribution is 8.23. The number of nitrogens with zero attached hydrogens (tertiary/aromatic N) is 2. The zero-order chi connectivity index (χ0) is 18.2. The molecule has 0 aliphatic heterocycles. The fourth-order valence-corrected chi connectivity index (χ4v) is 4.02. The molecule has 0 unspecified atom stereocenters. The van der Waals surface area contributed by atoms with Gasteiger partial charge in [0.25, 0.3) is 0 Å². The van der Waals surface area contributed by atoms with Crippen molar-refractivity contribution in [2.45, 2.75) is 13.8 Å². The van der Waals surface area contributed by atoms with E-state index in [1.54, 1.807) is 7.11 Å². The van der Waals surface area contributed by atoms with Crippen molar-refractivity contribution in [3.8, 4) is 17.0 Å². The Morgan fingerprint density at radius 3 is 2.60 bits per heavy atom. The first kappa shape index (κ1) is 19.7. The number of nitrogens with one attached hydrogen (secondary N) is 1. The van der Waals surface area contributed by atoms with Crippen LogP contribution < -0.4 is 10.1 Å². The van der Waals surface area contributed by atoms with Crippen molar-refractivity contribution in [2.75, 3.05) is 31.3 Å². The number of carbonyl (C=O) groups is 1. The lowest BCUT2D eigenvalue weighted by Gasteiger charge is -2.20. The van der Waals surface area contributed by atoms with Crippen LogP contribution in [0.4, 0.5) is 5.13 Å². The van der Waals surface area contributed by atoms with Gasteiger partial charge in [0.2, 0.25) is 5.91 Å². The van der Waals surface area contributed by atoms with Crippen LogP contribution >= 0.6 is 35.3 Å². The highest BCUT2D eigenvalue weighted by Gasteiger charge is 2.11. The van der Waals surface area contributed by atoms with E-state index in [0.717, 1.165) is 34.4 Å². The maximum absolute atomic E-state index is 12.1. The number of thiocarbonyl (C=S) groups is 1. The lowest BCUT2D eigenvalue weighted by atomic mass is 10.2. The lowest BCUT2D eigenvalue weighted by Crippen LogP contribution is -2.28. The van der Waals surface area contributed by atoms with Crippen LogP contribution in [0.5, 0.6) is 5.75 Å². The van der Waals surface area contributed by atoms with E-state index in [2.05, 4.69) is 15.2 Å². The number of anilines is 1. The molecule has 0 bridgehead atoms. The fraction of sp³-hybridized carbons (Fsp3) is 0.353. The van der Waals surface area contributed by atoms with Crippen molar-refractivity contribution in [2.24, 2.45) is 0 Å². The van der Waals surface area contributed by atoms with Crippen LogP contribution in [-0.4, -0.2) is 46.1 Å². The first-order valence-corrected chi connectivity index (χ1v) is 10.2. The number of methoxy groups -OCH3 is 1. The van der Waals surface area contributed by atoms with Crippen LogP contribution in [0.1, 0.15) is 13.8 Å². The third-order valence-corrected chi connectivity index (χ3v) is 5.77. The van der Waals surface area contributed by atoms with E-state index >= 15 is 0 Å². The predicted octanol–water partition coefficient (Wildman–Crippen LogP) is 4.12. The summed E-state index contributed by atoms with van der Waals surface area (Å²) in [5, 5.41) is 5.34. The topological polar surface area (TPSA) is 54.5 Å². The number of hydrogen-bond acceptors (Lipinski definition) is 6.